The van der Waals surface area contributed by atoms with E-state index in [0.717, 1.165) is 4.88 Å². The van der Waals surface area contributed by atoms with Crippen LogP contribution in [0.1, 0.15) is 11.2 Å². The lowest BCUT2D eigenvalue weighted by atomic mass is 10.4. The number of hydrogen-bond acceptors (Lipinski definition) is 6. The summed E-state index contributed by atoms with van der Waals surface area (Å²) < 4.78 is 11.3. The predicted molar refractivity (Wildman–Crippen MR) is 57.4 cm³/mol. The Balaban J connectivity index is 2.29. The van der Waals surface area contributed by atoms with Gasteiger partial charge in [0, 0.05) is 6.07 Å². The normalized spacial score (nSPS) is 17.1. The Bertz CT molecular complexity index is 373. The molecule has 0 aromatic carbocycles. The van der Waals surface area contributed by atoms with Gasteiger partial charge in [-0.15, -0.1) is 23.1 Å². The van der Waals surface area contributed by atoms with Crippen molar-refractivity contribution < 1.29 is 14.4 Å². The third-order valence-corrected chi connectivity index (χ3v) is 4.21. The largest absolute Gasteiger partial charge is 0.345 e. The van der Waals surface area contributed by atoms with Gasteiger partial charge in [-0.05, 0) is 6.26 Å². The molecule has 5 nitrogen and oxygen atoms in total. The summed E-state index contributed by atoms with van der Waals surface area (Å²) in [5.41, 5.74) is 0.140. The smallest absolute Gasteiger partial charge is 0.294 e. The van der Waals surface area contributed by atoms with E-state index in [2.05, 4.69) is 0 Å². The topological polar surface area (TPSA) is 61.6 Å². The maximum Gasteiger partial charge on any atom is 0.294 e. The van der Waals surface area contributed by atoms with Crippen molar-refractivity contribution in [3.63, 3.8) is 0 Å². The lowest BCUT2D eigenvalue weighted by Crippen LogP contribution is -1.94. The van der Waals surface area contributed by atoms with E-state index < -0.39 is 6.29 Å². The van der Waals surface area contributed by atoms with Crippen molar-refractivity contribution in [2.75, 3.05) is 19.5 Å². The summed E-state index contributed by atoms with van der Waals surface area (Å²) in [4.78, 5) is 11.1. The first kappa shape index (κ1) is 10.9. The number of thiophene rings is 1. The summed E-state index contributed by atoms with van der Waals surface area (Å²) in [7, 11) is 0. The van der Waals surface area contributed by atoms with Gasteiger partial charge in [0.15, 0.2) is 6.29 Å². The van der Waals surface area contributed by atoms with Crippen LogP contribution >= 0.6 is 23.1 Å². The maximum atomic E-state index is 10.7. The molecule has 0 unspecified atom stereocenters. The highest BCUT2D eigenvalue weighted by atomic mass is 32.2. The molecule has 2 heterocycles. The zero-order chi connectivity index (χ0) is 10.8. The molecule has 1 aromatic rings. The van der Waals surface area contributed by atoms with E-state index in [-0.39, 0.29) is 10.6 Å². The first-order chi connectivity index (χ1) is 7.22. The molecule has 0 radical (unpaired) electrons. The number of nitrogens with zero attached hydrogens (tertiary/aromatic N) is 1. The van der Waals surface area contributed by atoms with E-state index >= 15 is 0 Å². The molecule has 7 heteroatoms. The summed E-state index contributed by atoms with van der Waals surface area (Å²) in [6.45, 7) is 1.09. The van der Waals surface area contributed by atoms with Crippen LogP contribution in [0, 0.1) is 10.1 Å². The molecule has 15 heavy (non-hydrogen) atoms. The minimum atomic E-state index is -0.422. The molecule has 0 saturated carbocycles. The molecule has 0 bridgehead atoms. The minimum absolute atomic E-state index is 0.140. The average molecular weight is 247 g/mol. The van der Waals surface area contributed by atoms with Crippen LogP contribution in [0.5, 0.6) is 0 Å². The summed E-state index contributed by atoms with van der Waals surface area (Å²) in [6, 6.07) is 1.53. The Hall–Kier alpha value is -0.630. The number of thioether (sulfide) groups is 1. The van der Waals surface area contributed by atoms with Crippen LogP contribution in [-0.4, -0.2) is 24.4 Å². The number of rotatable bonds is 3. The van der Waals surface area contributed by atoms with Crippen molar-refractivity contribution >= 4 is 28.8 Å². The van der Waals surface area contributed by atoms with Crippen molar-refractivity contribution in [1.82, 2.24) is 0 Å². The number of ether oxygens (including phenoxy) is 2. The van der Waals surface area contributed by atoms with E-state index in [1.54, 1.807) is 0 Å². The van der Waals surface area contributed by atoms with Gasteiger partial charge >= 0.3 is 0 Å². The summed E-state index contributed by atoms with van der Waals surface area (Å²) in [5.74, 6) is 0. The molecule has 0 N–H and O–H groups in total. The Labute approximate surface area is 94.5 Å². The summed E-state index contributed by atoms with van der Waals surface area (Å²) in [5, 5.41) is 10.7. The fourth-order valence-electron chi connectivity index (χ4n) is 1.29. The van der Waals surface area contributed by atoms with E-state index in [9.17, 15) is 10.1 Å². The summed E-state index contributed by atoms with van der Waals surface area (Å²) >= 11 is 2.73. The van der Waals surface area contributed by atoms with Gasteiger partial charge < -0.3 is 9.47 Å². The van der Waals surface area contributed by atoms with E-state index in [1.165, 1.54) is 29.2 Å². The van der Waals surface area contributed by atoms with Crippen LogP contribution in [0.25, 0.3) is 0 Å². The molecule has 1 aromatic heterocycles. The van der Waals surface area contributed by atoms with Crippen LogP contribution < -0.4 is 0 Å². The van der Waals surface area contributed by atoms with Gasteiger partial charge in [-0.3, -0.25) is 10.1 Å². The van der Waals surface area contributed by atoms with Gasteiger partial charge in [0.05, 0.1) is 23.0 Å². The van der Waals surface area contributed by atoms with E-state index in [1.807, 2.05) is 6.26 Å². The quantitative estimate of drug-likeness (QED) is 0.466. The van der Waals surface area contributed by atoms with Gasteiger partial charge in [0.1, 0.15) is 4.21 Å². The molecular formula is C8H9NO4S2. The third-order valence-electron chi connectivity index (χ3n) is 1.93. The molecule has 0 amide bonds. The second-order valence-electron chi connectivity index (χ2n) is 2.86. The molecule has 1 saturated heterocycles. The van der Waals surface area contributed by atoms with Crippen molar-refractivity contribution in [2.45, 2.75) is 10.5 Å². The highest BCUT2D eigenvalue weighted by Crippen LogP contribution is 2.40. The second-order valence-corrected chi connectivity index (χ2v) is 5.01. The van der Waals surface area contributed by atoms with Crippen LogP contribution in [0.4, 0.5) is 5.69 Å². The third kappa shape index (κ3) is 2.15. The average Bonchev–Trinajstić information content (AvgIpc) is 2.86. The van der Waals surface area contributed by atoms with Crippen LogP contribution in [0.15, 0.2) is 10.3 Å². The molecule has 1 aliphatic heterocycles. The minimum Gasteiger partial charge on any atom is -0.345 e. The molecule has 1 aliphatic rings. The fourth-order valence-corrected chi connectivity index (χ4v) is 3.11. The first-order valence-corrected chi connectivity index (χ1v) is 6.32. The van der Waals surface area contributed by atoms with E-state index in [0.29, 0.717) is 17.4 Å². The lowest BCUT2D eigenvalue weighted by molar-refractivity contribution is -0.387. The van der Waals surface area contributed by atoms with Gasteiger partial charge in [-0.2, -0.15) is 0 Å². The molecule has 2 rings (SSSR count). The van der Waals surface area contributed by atoms with Crippen LogP contribution in [0.2, 0.25) is 0 Å². The highest BCUT2D eigenvalue weighted by molar-refractivity contribution is 8.00. The van der Waals surface area contributed by atoms with Gasteiger partial charge in [-0.1, -0.05) is 0 Å². The van der Waals surface area contributed by atoms with Crippen LogP contribution in [0.3, 0.4) is 0 Å². The Morgan fingerprint density at radius 2 is 2.27 bits per heavy atom. The standard InChI is InChI=1S/C8H9NO4S2/c1-14-8-5(9(10)11)4-6(15-8)7-12-2-3-13-7/h4,7H,2-3H2,1H3. The van der Waals surface area contributed by atoms with Crippen molar-refractivity contribution in [3.05, 3.63) is 21.1 Å². The maximum absolute atomic E-state index is 10.7. The second kappa shape index (κ2) is 4.48. The molecule has 0 aliphatic carbocycles. The van der Waals surface area contributed by atoms with Gasteiger partial charge in [0.25, 0.3) is 5.69 Å². The van der Waals surface area contributed by atoms with Crippen LogP contribution in [-0.2, 0) is 9.47 Å². The fraction of sp³-hybridized carbons (Fsp3) is 0.500. The van der Waals surface area contributed by atoms with Crippen molar-refractivity contribution in [3.8, 4) is 0 Å². The predicted octanol–water partition coefficient (Wildman–Crippen LogP) is 2.42. The number of nitro groups is 1. The molecule has 82 valence electrons. The van der Waals surface area contributed by atoms with E-state index in [4.69, 9.17) is 9.47 Å². The molecule has 1 fully saturated rings. The van der Waals surface area contributed by atoms with Gasteiger partial charge in [-0.25, -0.2) is 0 Å². The zero-order valence-corrected chi connectivity index (χ0v) is 9.60. The Morgan fingerprint density at radius 1 is 1.60 bits per heavy atom. The lowest BCUT2D eigenvalue weighted by Gasteiger charge is -2.03. The Kier molecular flexibility index (Phi) is 3.25. The molecule has 0 atom stereocenters. The summed E-state index contributed by atoms with van der Waals surface area (Å²) in [6.07, 6.45) is 1.40. The Morgan fingerprint density at radius 3 is 2.73 bits per heavy atom. The first-order valence-electron chi connectivity index (χ1n) is 4.27. The highest BCUT2D eigenvalue weighted by Gasteiger charge is 2.26. The van der Waals surface area contributed by atoms with Crippen molar-refractivity contribution in [1.29, 1.82) is 0 Å². The SMILES string of the molecule is CSc1sc(C2OCCO2)cc1[N+](=O)[O-]. The monoisotopic (exact) mass is 247 g/mol. The number of hydrogen-bond donors (Lipinski definition) is 0. The zero-order valence-electron chi connectivity index (χ0n) is 7.97. The van der Waals surface area contributed by atoms with Crippen molar-refractivity contribution in [2.24, 2.45) is 0 Å². The molecule has 0 spiro atoms. The van der Waals surface area contributed by atoms with Gasteiger partial charge in [0.2, 0.25) is 0 Å². The molecular weight excluding hydrogens is 238 g/mol.